The fraction of sp³-hybridized carbons (Fsp3) is 0.636. The van der Waals surface area contributed by atoms with E-state index in [1.807, 2.05) is 0 Å². The number of rotatable bonds is 4. The number of unbranched alkanes of at least 4 members (excludes halogenated alkanes) is 1. The molecule has 2 N–H and O–H groups in total. The van der Waals surface area contributed by atoms with Crippen LogP contribution < -0.4 is 5.32 Å². The van der Waals surface area contributed by atoms with E-state index in [1.165, 1.54) is 0 Å². The Labute approximate surface area is 100 Å². The summed E-state index contributed by atoms with van der Waals surface area (Å²) in [6, 6.07) is 0. The highest BCUT2D eigenvalue weighted by molar-refractivity contribution is 6.33. The molecule has 0 aromatic rings. The highest BCUT2D eigenvalue weighted by Crippen LogP contribution is 2.29. The van der Waals surface area contributed by atoms with E-state index >= 15 is 0 Å². The summed E-state index contributed by atoms with van der Waals surface area (Å²) < 4.78 is 0. The maximum atomic E-state index is 11.0. The summed E-state index contributed by atoms with van der Waals surface area (Å²) in [5, 5.41) is 12.1. The van der Waals surface area contributed by atoms with Gasteiger partial charge in [0.1, 0.15) is 11.0 Å². The minimum absolute atomic E-state index is 0.120. The Morgan fingerprint density at radius 3 is 2.62 bits per heavy atom. The monoisotopic (exact) mass is 244 g/mol. The molecule has 0 unspecified atom stereocenters. The Morgan fingerprint density at radius 1 is 1.56 bits per heavy atom. The van der Waals surface area contributed by atoms with Crippen molar-refractivity contribution in [2.24, 2.45) is 4.99 Å². The average molecular weight is 245 g/mol. The number of carbonyl (C=O) groups is 1. The van der Waals surface area contributed by atoms with Gasteiger partial charge in [-0.2, -0.15) is 0 Å². The van der Waals surface area contributed by atoms with Crippen molar-refractivity contribution in [2.75, 3.05) is 0 Å². The molecular formula is C11H17ClN2O2. The fourth-order valence-electron chi connectivity index (χ4n) is 1.70. The van der Waals surface area contributed by atoms with Gasteiger partial charge in [-0.3, -0.25) is 4.99 Å². The molecule has 4 nitrogen and oxygen atoms in total. The molecule has 0 aromatic carbocycles. The lowest BCUT2D eigenvalue weighted by Gasteiger charge is -2.29. The zero-order chi connectivity index (χ0) is 12.3. The summed E-state index contributed by atoms with van der Waals surface area (Å²) in [5.41, 5.74) is -0.647. The first-order valence-electron chi connectivity index (χ1n) is 5.37. The maximum Gasteiger partial charge on any atom is 0.337 e. The van der Waals surface area contributed by atoms with Crippen LogP contribution in [0.1, 0.15) is 40.0 Å². The maximum absolute atomic E-state index is 11.0. The molecule has 0 aromatic heterocycles. The second-order valence-electron chi connectivity index (χ2n) is 4.34. The molecule has 1 heterocycles. The van der Waals surface area contributed by atoms with Crippen molar-refractivity contribution < 1.29 is 9.90 Å². The van der Waals surface area contributed by atoms with E-state index in [2.05, 4.69) is 17.2 Å². The molecule has 0 atom stereocenters. The molecule has 0 saturated carbocycles. The molecule has 0 bridgehead atoms. The van der Waals surface area contributed by atoms with E-state index in [1.54, 1.807) is 13.8 Å². The fourth-order valence-corrected chi connectivity index (χ4v) is 2.12. The van der Waals surface area contributed by atoms with Crippen LogP contribution in [0, 0.1) is 0 Å². The van der Waals surface area contributed by atoms with Gasteiger partial charge in [0.25, 0.3) is 0 Å². The molecule has 0 aliphatic carbocycles. The Balaban J connectivity index is 2.93. The lowest BCUT2D eigenvalue weighted by molar-refractivity contribution is -0.133. The van der Waals surface area contributed by atoms with E-state index in [4.69, 9.17) is 16.7 Å². The minimum atomic E-state index is -1.03. The third-order valence-corrected chi connectivity index (χ3v) is 2.76. The van der Waals surface area contributed by atoms with Crippen molar-refractivity contribution in [1.82, 2.24) is 5.32 Å². The van der Waals surface area contributed by atoms with E-state index < -0.39 is 11.5 Å². The number of aliphatic carboxylic acids is 1. The van der Waals surface area contributed by atoms with Crippen molar-refractivity contribution in [3.63, 3.8) is 0 Å². The predicted octanol–water partition coefficient (Wildman–Crippen LogP) is 2.49. The number of hydrogen-bond acceptors (Lipinski definition) is 3. The van der Waals surface area contributed by atoms with Crippen LogP contribution in [0.2, 0.25) is 0 Å². The highest BCUT2D eigenvalue weighted by atomic mass is 35.5. The van der Waals surface area contributed by atoms with Crippen LogP contribution in [-0.4, -0.2) is 22.5 Å². The average Bonchev–Trinajstić information content (AvgIpc) is 2.11. The van der Waals surface area contributed by atoms with Crippen molar-refractivity contribution in [1.29, 1.82) is 0 Å². The van der Waals surface area contributed by atoms with E-state index in [9.17, 15) is 4.79 Å². The summed E-state index contributed by atoms with van der Waals surface area (Å²) in [5.74, 6) is -0.261. The van der Waals surface area contributed by atoms with Gasteiger partial charge in [-0.1, -0.05) is 24.9 Å². The summed E-state index contributed by atoms with van der Waals surface area (Å²) in [4.78, 5) is 15.4. The van der Waals surface area contributed by atoms with Gasteiger partial charge in [-0.05, 0) is 20.3 Å². The van der Waals surface area contributed by atoms with Crippen LogP contribution in [0.5, 0.6) is 0 Å². The zero-order valence-electron chi connectivity index (χ0n) is 9.80. The summed E-state index contributed by atoms with van der Waals surface area (Å²) in [6.45, 7) is 5.60. The summed E-state index contributed by atoms with van der Waals surface area (Å²) >= 11 is 5.94. The van der Waals surface area contributed by atoms with Crippen LogP contribution in [0.4, 0.5) is 0 Å². The molecule has 1 rings (SSSR count). The second-order valence-corrected chi connectivity index (χ2v) is 4.72. The van der Waals surface area contributed by atoms with Crippen molar-refractivity contribution in [3.8, 4) is 0 Å². The quantitative estimate of drug-likeness (QED) is 0.747. The Kier molecular flexibility index (Phi) is 3.97. The molecule has 0 radical (unpaired) electrons. The van der Waals surface area contributed by atoms with E-state index in [0.29, 0.717) is 0 Å². The predicted molar refractivity (Wildman–Crippen MR) is 64.7 cm³/mol. The van der Waals surface area contributed by atoms with Crippen LogP contribution in [-0.2, 0) is 4.79 Å². The topological polar surface area (TPSA) is 61.7 Å². The van der Waals surface area contributed by atoms with E-state index in [-0.39, 0.29) is 10.7 Å². The lowest BCUT2D eigenvalue weighted by atomic mass is 9.94. The number of carboxylic acid groups (broad SMARTS) is 1. The second kappa shape index (κ2) is 4.87. The number of nitrogens with zero attached hydrogens (tertiary/aromatic N) is 1. The minimum Gasteiger partial charge on any atom is -0.478 e. The van der Waals surface area contributed by atoms with Crippen LogP contribution in [0.25, 0.3) is 0 Å². The van der Waals surface area contributed by atoms with Crippen LogP contribution >= 0.6 is 11.6 Å². The molecule has 90 valence electrons. The normalized spacial score (nSPS) is 19.1. The molecule has 5 heteroatoms. The van der Waals surface area contributed by atoms with Gasteiger partial charge in [0.05, 0.1) is 11.1 Å². The highest BCUT2D eigenvalue weighted by Gasteiger charge is 2.35. The largest absolute Gasteiger partial charge is 0.478 e. The standard InChI is InChI=1S/C11H17ClN2O2/c1-4-5-6-7-13-9(12)8(10(15)16)11(2,3)14-7/h4-6H2,1-3H3,(H,13,14)(H,15,16). The van der Waals surface area contributed by atoms with Crippen molar-refractivity contribution in [2.45, 2.75) is 45.6 Å². The molecule has 0 fully saturated rings. The van der Waals surface area contributed by atoms with Gasteiger partial charge in [0, 0.05) is 6.42 Å². The molecule has 1 aliphatic rings. The Bertz CT molecular complexity index is 359. The number of aliphatic imine (C=N–C) groups is 1. The van der Waals surface area contributed by atoms with Crippen molar-refractivity contribution in [3.05, 3.63) is 10.7 Å². The van der Waals surface area contributed by atoms with Gasteiger partial charge >= 0.3 is 5.97 Å². The molecule has 16 heavy (non-hydrogen) atoms. The first-order valence-corrected chi connectivity index (χ1v) is 5.75. The van der Waals surface area contributed by atoms with Gasteiger partial charge in [0.2, 0.25) is 0 Å². The number of halogens is 1. The zero-order valence-corrected chi connectivity index (χ0v) is 10.6. The number of nitrogens with one attached hydrogen (secondary N) is 1. The van der Waals surface area contributed by atoms with Gasteiger partial charge in [-0.25, -0.2) is 4.79 Å². The number of amidine groups is 1. The number of hydrogen-bond donors (Lipinski definition) is 2. The van der Waals surface area contributed by atoms with Crippen LogP contribution in [0.3, 0.4) is 0 Å². The molecule has 0 amide bonds. The first-order chi connectivity index (χ1) is 7.38. The van der Waals surface area contributed by atoms with Crippen molar-refractivity contribution >= 4 is 23.4 Å². The molecule has 0 saturated heterocycles. The molecule has 1 aliphatic heterocycles. The first kappa shape index (κ1) is 13.0. The lowest BCUT2D eigenvalue weighted by Crippen LogP contribution is -2.39. The SMILES string of the molecule is CCCCC1=NC(C)(C)C(C(=O)O)=C(Cl)N1. The van der Waals surface area contributed by atoms with Crippen LogP contribution in [0.15, 0.2) is 15.7 Å². The smallest absolute Gasteiger partial charge is 0.337 e. The molecule has 0 spiro atoms. The summed E-state index contributed by atoms with van der Waals surface area (Å²) in [7, 11) is 0. The number of carboxylic acids is 1. The Hall–Kier alpha value is -1.03. The molecular weight excluding hydrogens is 228 g/mol. The Morgan fingerprint density at radius 2 is 2.19 bits per heavy atom. The van der Waals surface area contributed by atoms with E-state index in [0.717, 1.165) is 25.1 Å². The third kappa shape index (κ3) is 2.76. The summed E-state index contributed by atoms with van der Waals surface area (Å²) in [6.07, 6.45) is 2.87. The third-order valence-electron chi connectivity index (χ3n) is 2.48. The van der Waals surface area contributed by atoms with Gasteiger partial charge in [-0.15, -0.1) is 0 Å². The van der Waals surface area contributed by atoms with Gasteiger partial charge < -0.3 is 10.4 Å². The van der Waals surface area contributed by atoms with Gasteiger partial charge in [0.15, 0.2) is 0 Å².